The number of nitriles is 1. The van der Waals surface area contributed by atoms with E-state index in [9.17, 15) is 19.8 Å². The van der Waals surface area contributed by atoms with Gasteiger partial charge in [-0.25, -0.2) is 4.79 Å². The number of aliphatic hydroxyl groups excluding tert-OH is 1. The average molecular weight is 390 g/mol. The minimum Gasteiger partial charge on any atom is -0.477 e. The molecule has 1 fully saturated rings. The van der Waals surface area contributed by atoms with Crippen LogP contribution in [0.3, 0.4) is 0 Å². The fraction of sp³-hybridized carbons (Fsp3) is 0.389. The first-order valence-corrected chi connectivity index (χ1v) is 10.1. The van der Waals surface area contributed by atoms with Gasteiger partial charge in [0, 0.05) is 20.8 Å². The number of hydrogen-bond acceptors (Lipinski definition) is 6. The minimum atomic E-state index is -1.11. The largest absolute Gasteiger partial charge is 0.477 e. The SMILES string of the molecule is C[C@@H](O)[C@H]1C(=O)N2C(C(=O)O)=C(SCSc3ccc(C#N)cc3)[C@H](C)[C@H]12. The highest BCUT2D eigenvalue weighted by molar-refractivity contribution is 8.17. The standard InChI is InChI=1S/C18H18N2O4S2/c1-9-14-13(10(2)21)17(22)20(14)15(18(23)24)16(9)26-8-25-12-5-3-11(7-19)4-6-12/h3-6,9-10,13-14,21H,8H2,1-2H3,(H,23,24)/t9-,10-,13-,14-/m1/s1. The molecule has 1 aromatic carbocycles. The molecular weight excluding hydrogens is 372 g/mol. The van der Waals surface area contributed by atoms with Crippen LogP contribution in [0, 0.1) is 23.2 Å². The highest BCUT2D eigenvalue weighted by Gasteiger charge is 2.59. The Hall–Kier alpha value is -1.95. The normalized spacial score (nSPS) is 25.5. The van der Waals surface area contributed by atoms with Crippen LogP contribution >= 0.6 is 23.5 Å². The van der Waals surface area contributed by atoms with E-state index >= 15 is 0 Å². The monoisotopic (exact) mass is 390 g/mol. The molecule has 136 valence electrons. The molecule has 3 rings (SSSR count). The summed E-state index contributed by atoms with van der Waals surface area (Å²) < 4.78 is 0. The number of nitrogens with zero attached hydrogens (tertiary/aromatic N) is 2. The van der Waals surface area contributed by atoms with Gasteiger partial charge >= 0.3 is 5.97 Å². The number of carboxylic acids is 1. The highest BCUT2D eigenvalue weighted by atomic mass is 32.2. The first kappa shape index (κ1) is 18.8. The second kappa shape index (κ2) is 7.35. The Morgan fingerprint density at radius 2 is 2.00 bits per heavy atom. The molecule has 0 aliphatic carbocycles. The summed E-state index contributed by atoms with van der Waals surface area (Å²) in [7, 11) is 0. The Kier molecular flexibility index (Phi) is 5.32. The van der Waals surface area contributed by atoms with Crippen molar-refractivity contribution in [2.45, 2.75) is 30.9 Å². The summed E-state index contributed by atoms with van der Waals surface area (Å²) in [6.45, 7) is 3.48. The fourth-order valence-electron chi connectivity index (χ4n) is 3.50. The van der Waals surface area contributed by atoms with Crippen LogP contribution in [0.25, 0.3) is 0 Å². The third kappa shape index (κ3) is 3.11. The first-order valence-electron chi connectivity index (χ1n) is 8.11. The number of carboxylic acid groups (broad SMARTS) is 1. The van der Waals surface area contributed by atoms with Gasteiger partial charge in [0.1, 0.15) is 5.70 Å². The molecule has 1 amide bonds. The van der Waals surface area contributed by atoms with Crippen molar-refractivity contribution in [1.29, 1.82) is 5.26 Å². The van der Waals surface area contributed by atoms with E-state index in [1.165, 1.54) is 16.7 Å². The number of hydrogen-bond donors (Lipinski definition) is 2. The van der Waals surface area contributed by atoms with Crippen molar-refractivity contribution in [2.75, 3.05) is 5.08 Å². The lowest BCUT2D eigenvalue weighted by Crippen LogP contribution is -2.63. The number of amides is 1. The van der Waals surface area contributed by atoms with Crippen molar-refractivity contribution in [1.82, 2.24) is 4.90 Å². The molecule has 0 spiro atoms. The number of rotatable bonds is 6. The van der Waals surface area contributed by atoms with Gasteiger partial charge in [-0.05, 0) is 31.2 Å². The molecule has 8 heteroatoms. The lowest BCUT2D eigenvalue weighted by Gasteiger charge is -2.46. The van der Waals surface area contributed by atoms with E-state index in [0.717, 1.165) is 4.90 Å². The highest BCUT2D eigenvalue weighted by Crippen LogP contribution is 2.51. The zero-order valence-corrected chi connectivity index (χ0v) is 15.9. The number of carbonyl (C=O) groups excluding carboxylic acids is 1. The predicted octanol–water partition coefficient (Wildman–Crippen LogP) is 2.49. The topological polar surface area (TPSA) is 102 Å². The molecule has 0 bridgehead atoms. The molecule has 2 aliphatic heterocycles. The number of carbonyl (C=O) groups is 2. The molecule has 6 nitrogen and oxygen atoms in total. The zero-order chi connectivity index (χ0) is 19.0. The minimum absolute atomic E-state index is 0.0508. The molecule has 2 aliphatic rings. The van der Waals surface area contributed by atoms with Gasteiger partial charge < -0.3 is 15.1 Å². The van der Waals surface area contributed by atoms with E-state index in [4.69, 9.17) is 5.26 Å². The van der Waals surface area contributed by atoms with Crippen LogP contribution in [0.2, 0.25) is 0 Å². The molecule has 1 saturated heterocycles. The van der Waals surface area contributed by atoms with Gasteiger partial charge in [0.25, 0.3) is 0 Å². The molecule has 1 aromatic rings. The maximum Gasteiger partial charge on any atom is 0.353 e. The number of aliphatic hydroxyl groups is 1. The number of fused-ring (bicyclic) bond motifs is 1. The van der Waals surface area contributed by atoms with Crippen molar-refractivity contribution in [3.8, 4) is 6.07 Å². The summed E-state index contributed by atoms with van der Waals surface area (Å²) in [5.74, 6) is -2.08. The third-order valence-corrected chi connectivity index (χ3v) is 7.16. The fourth-order valence-corrected chi connectivity index (χ4v) is 5.84. The number of benzene rings is 1. The van der Waals surface area contributed by atoms with Gasteiger partial charge in [0.2, 0.25) is 5.91 Å². The average Bonchev–Trinajstić information content (AvgIpc) is 2.84. The molecule has 4 atom stereocenters. The van der Waals surface area contributed by atoms with Crippen LogP contribution in [0.4, 0.5) is 0 Å². The maximum atomic E-state index is 12.3. The number of thioether (sulfide) groups is 2. The van der Waals surface area contributed by atoms with Crippen LogP contribution in [0.1, 0.15) is 19.4 Å². The summed E-state index contributed by atoms with van der Waals surface area (Å²) in [4.78, 5) is 27.0. The van der Waals surface area contributed by atoms with E-state index < -0.39 is 18.0 Å². The van der Waals surface area contributed by atoms with Gasteiger partial charge in [-0.15, -0.1) is 23.5 Å². The Balaban J connectivity index is 1.72. The summed E-state index contributed by atoms with van der Waals surface area (Å²) in [6.07, 6.45) is -0.793. The number of β-lactam (4-membered cyclic amide) rings is 1. The molecule has 26 heavy (non-hydrogen) atoms. The van der Waals surface area contributed by atoms with Gasteiger partial charge in [0.15, 0.2) is 0 Å². The van der Waals surface area contributed by atoms with Gasteiger partial charge in [0.05, 0.1) is 29.7 Å². The lowest BCUT2D eigenvalue weighted by molar-refractivity contribution is -0.163. The van der Waals surface area contributed by atoms with E-state index in [1.54, 1.807) is 30.8 Å². The second-order valence-corrected chi connectivity index (χ2v) is 8.75. The van der Waals surface area contributed by atoms with Crippen molar-refractivity contribution in [3.05, 3.63) is 40.4 Å². The lowest BCUT2D eigenvalue weighted by atomic mass is 9.79. The molecule has 0 aromatic heterocycles. The van der Waals surface area contributed by atoms with E-state index in [2.05, 4.69) is 6.07 Å². The Morgan fingerprint density at radius 1 is 1.35 bits per heavy atom. The molecule has 0 radical (unpaired) electrons. The van der Waals surface area contributed by atoms with Crippen molar-refractivity contribution in [3.63, 3.8) is 0 Å². The van der Waals surface area contributed by atoms with Gasteiger partial charge in [-0.3, -0.25) is 4.79 Å². The molecule has 0 unspecified atom stereocenters. The van der Waals surface area contributed by atoms with Crippen molar-refractivity contribution in [2.24, 2.45) is 11.8 Å². The molecule has 2 heterocycles. The van der Waals surface area contributed by atoms with Crippen molar-refractivity contribution < 1.29 is 19.8 Å². The van der Waals surface area contributed by atoms with Gasteiger partial charge in [-0.1, -0.05) is 6.92 Å². The summed E-state index contributed by atoms with van der Waals surface area (Å²) >= 11 is 2.96. The van der Waals surface area contributed by atoms with Crippen molar-refractivity contribution >= 4 is 35.4 Å². The van der Waals surface area contributed by atoms with Crippen LogP contribution < -0.4 is 0 Å². The summed E-state index contributed by atoms with van der Waals surface area (Å²) in [6, 6.07) is 8.98. The second-order valence-electron chi connectivity index (χ2n) is 6.31. The smallest absolute Gasteiger partial charge is 0.353 e. The summed E-state index contributed by atoms with van der Waals surface area (Å²) in [5.41, 5.74) is 0.643. The summed E-state index contributed by atoms with van der Waals surface area (Å²) in [5, 5.41) is 28.8. The van der Waals surface area contributed by atoms with Crippen LogP contribution in [0.5, 0.6) is 0 Å². The predicted molar refractivity (Wildman–Crippen MR) is 99.1 cm³/mol. The quantitative estimate of drug-likeness (QED) is 0.437. The van der Waals surface area contributed by atoms with E-state index in [0.29, 0.717) is 15.6 Å². The van der Waals surface area contributed by atoms with Crippen LogP contribution in [-0.4, -0.2) is 44.2 Å². The Bertz CT molecular complexity index is 813. The third-order valence-electron chi connectivity index (χ3n) is 4.73. The molecule has 0 saturated carbocycles. The molecule has 2 N–H and O–H groups in total. The Labute approximate surface area is 159 Å². The maximum absolute atomic E-state index is 12.3. The van der Waals surface area contributed by atoms with E-state index in [1.807, 2.05) is 19.1 Å². The molecular formula is C18H18N2O4S2. The Morgan fingerprint density at radius 3 is 2.54 bits per heavy atom. The van der Waals surface area contributed by atoms with Crippen LogP contribution in [0.15, 0.2) is 39.8 Å². The zero-order valence-electron chi connectivity index (χ0n) is 14.2. The first-order chi connectivity index (χ1) is 12.4. The number of aliphatic carboxylic acids is 1. The van der Waals surface area contributed by atoms with Crippen LogP contribution in [-0.2, 0) is 9.59 Å². The van der Waals surface area contributed by atoms with Gasteiger partial charge in [-0.2, -0.15) is 5.26 Å². The van der Waals surface area contributed by atoms with E-state index in [-0.39, 0.29) is 23.6 Å².